The monoisotopic (exact) mass is 373 g/mol. The molecule has 1 aromatic carbocycles. The number of amides is 1. The maximum absolute atomic E-state index is 13.0. The molecule has 2 aromatic rings. The fourth-order valence-electron chi connectivity index (χ4n) is 5.30. The molecule has 136 valence electrons. The predicted octanol–water partition coefficient (Wildman–Crippen LogP) is 3.31. The van der Waals surface area contributed by atoms with Crippen molar-refractivity contribution in [3.63, 3.8) is 0 Å². The van der Waals surface area contributed by atoms with E-state index in [9.17, 15) is 14.3 Å². The minimum Gasteiger partial charge on any atom is -0.390 e. The summed E-state index contributed by atoms with van der Waals surface area (Å²) in [7, 11) is 0. The molecule has 4 aliphatic rings. The SMILES string of the molecule is O=C(NC1C2CC3CC(O)(C2)CC31)c1csc(Nc2ccc(F)cc2)n1. The number of nitrogens with zero attached hydrogens (tertiary/aromatic N) is 1. The molecular formula is C19H20FN3O2S. The zero-order valence-electron chi connectivity index (χ0n) is 14.1. The Morgan fingerprint density at radius 1 is 1.23 bits per heavy atom. The summed E-state index contributed by atoms with van der Waals surface area (Å²) in [6.07, 6.45) is 3.63. The first-order valence-corrected chi connectivity index (χ1v) is 9.88. The molecule has 5 atom stereocenters. The van der Waals surface area contributed by atoms with Crippen LogP contribution in [0.4, 0.5) is 15.2 Å². The molecule has 1 aromatic heterocycles. The molecule has 5 nitrogen and oxygen atoms in total. The highest BCUT2D eigenvalue weighted by molar-refractivity contribution is 7.14. The van der Waals surface area contributed by atoms with Crippen LogP contribution in [-0.4, -0.2) is 27.6 Å². The molecule has 0 aliphatic heterocycles. The lowest BCUT2D eigenvalue weighted by Gasteiger charge is -2.38. The second kappa shape index (κ2) is 5.76. The summed E-state index contributed by atoms with van der Waals surface area (Å²) in [5, 5.41) is 19.1. The largest absolute Gasteiger partial charge is 0.390 e. The number of nitrogens with one attached hydrogen (secondary N) is 2. The van der Waals surface area contributed by atoms with Crippen molar-refractivity contribution >= 4 is 28.1 Å². The average Bonchev–Trinajstić information content (AvgIpc) is 3.22. The van der Waals surface area contributed by atoms with E-state index in [0.29, 0.717) is 28.6 Å². The van der Waals surface area contributed by atoms with Gasteiger partial charge in [-0.3, -0.25) is 4.79 Å². The fraction of sp³-hybridized carbons (Fsp3) is 0.474. The number of thiazole rings is 1. The fourth-order valence-corrected chi connectivity index (χ4v) is 6.01. The average molecular weight is 373 g/mol. The Hall–Kier alpha value is -1.99. The van der Waals surface area contributed by atoms with E-state index in [-0.39, 0.29) is 17.8 Å². The molecule has 6 rings (SSSR count). The maximum atomic E-state index is 13.0. The molecule has 4 aliphatic carbocycles. The van der Waals surface area contributed by atoms with E-state index in [0.717, 1.165) is 31.4 Å². The molecule has 4 bridgehead atoms. The lowest BCUT2D eigenvalue weighted by atomic mass is 9.76. The van der Waals surface area contributed by atoms with Crippen LogP contribution in [0.1, 0.15) is 36.2 Å². The number of hydrogen-bond donors (Lipinski definition) is 3. The number of carbonyl (C=O) groups is 1. The number of hydrogen-bond acceptors (Lipinski definition) is 5. The molecule has 3 N–H and O–H groups in total. The van der Waals surface area contributed by atoms with Crippen LogP contribution in [0.15, 0.2) is 29.6 Å². The molecular weight excluding hydrogens is 353 g/mol. The van der Waals surface area contributed by atoms with Gasteiger partial charge in [0.2, 0.25) is 0 Å². The standard InChI is InChI=1S/C19H20FN3O2S/c20-12-1-3-13(4-2-12)21-18-22-15(9-26-18)17(24)23-16-11-5-10-6-19(25,7-11)8-14(10)16/h1-4,9-11,14,16,25H,5-8H2,(H,21,22)(H,23,24). The summed E-state index contributed by atoms with van der Waals surface area (Å²) in [6, 6.07) is 6.17. The van der Waals surface area contributed by atoms with Gasteiger partial charge in [0.05, 0.1) is 5.60 Å². The van der Waals surface area contributed by atoms with E-state index in [1.54, 1.807) is 17.5 Å². The van der Waals surface area contributed by atoms with Gasteiger partial charge in [0.15, 0.2) is 5.13 Å². The Morgan fingerprint density at radius 2 is 2.00 bits per heavy atom. The van der Waals surface area contributed by atoms with Gasteiger partial charge in [0.25, 0.3) is 5.91 Å². The van der Waals surface area contributed by atoms with E-state index in [1.165, 1.54) is 23.5 Å². The minimum atomic E-state index is -0.480. The van der Waals surface area contributed by atoms with Crippen molar-refractivity contribution in [2.45, 2.75) is 37.3 Å². The van der Waals surface area contributed by atoms with Gasteiger partial charge in [-0.25, -0.2) is 9.37 Å². The number of rotatable bonds is 4. The summed E-state index contributed by atoms with van der Waals surface area (Å²) in [6.45, 7) is 0. The summed E-state index contributed by atoms with van der Waals surface area (Å²) < 4.78 is 13.0. The minimum absolute atomic E-state index is 0.151. The number of aliphatic hydroxyl groups is 1. The van der Waals surface area contributed by atoms with Crippen molar-refractivity contribution < 1.29 is 14.3 Å². The molecule has 4 fully saturated rings. The van der Waals surface area contributed by atoms with Gasteiger partial charge in [-0.1, -0.05) is 0 Å². The van der Waals surface area contributed by atoms with Crippen LogP contribution in [0, 0.1) is 23.6 Å². The van der Waals surface area contributed by atoms with E-state index >= 15 is 0 Å². The van der Waals surface area contributed by atoms with Gasteiger partial charge in [0.1, 0.15) is 11.5 Å². The van der Waals surface area contributed by atoms with Crippen LogP contribution in [0.3, 0.4) is 0 Å². The van der Waals surface area contributed by atoms with Gasteiger partial charge in [-0.2, -0.15) is 0 Å². The molecule has 0 saturated heterocycles. The lowest BCUT2D eigenvalue weighted by Crippen LogP contribution is -2.48. The first-order valence-electron chi connectivity index (χ1n) is 9.00. The van der Waals surface area contributed by atoms with Crippen LogP contribution in [0.5, 0.6) is 0 Å². The molecule has 7 heteroatoms. The van der Waals surface area contributed by atoms with Crippen molar-refractivity contribution in [2.24, 2.45) is 17.8 Å². The Morgan fingerprint density at radius 3 is 2.77 bits per heavy atom. The normalized spacial score (nSPS) is 34.2. The topological polar surface area (TPSA) is 74.2 Å². The third-order valence-electron chi connectivity index (χ3n) is 6.21. The zero-order valence-corrected chi connectivity index (χ0v) is 14.9. The van der Waals surface area contributed by atoms with Crippen molar-refractivity contribution in [1.82, 2.24) is 10.3 Å². The number of anilines is 2. The van der Waals surface area contributed by atoms with E-state index < -0.39 is 5.60 Å². The molecule has 4 saturated carbocycles. The summed E-state index contributed by atoms with van der Waals surface area (Å²) >= 11 is 1.35. The van der Waals surface area contributed by atoms with Gasteiger partial charge in [-0.05, 0) is 67.7 Å². The summed E-state index contributed by atoms with van der Waals surface area (Å²) in [4.78, 5) is 17.0. The number of aromatic nitrogens is 1. The Balaban J connectivity index is 1.26. The van der Waals surface area contributed by atoms with Crippen LogP contribution < -0.4 is 10.6 Å². The number of benzene rings is 1. The maximum Gasteiger partial charge on any atom is 0.271 e. The van der Waals surface area contributed by atoms with Crippen LogP contribution in [-0.2, 0) is 0 Å². The predicted molar refractivity (Wildman–Crippen MR) is 96.9 cm³/mol. The van der Waals surface area contributed by atoms with E-state index in [4.69, 9.17) is 0 Å². The number of halogens is 1. The summed E-state index contributed by atoms with van der Waals surface area (Å²) in [5.41, 5.74) is 0.647. The smallest absolute Gasteiger partial charge is 0.271 e. The van der Waals surface area contributed by atoms with Gasteiger partial charge in [0, 0.05) is 17.1 Å². The van der Waals surface area contributed by atoms with Crippen molar-refractivity contribution in [3.8, 4) is 0 Å². The van der Waals surface area contributed by atoms with Gasteiger partial charge >= 0.3 is 0 Å². The highest BCUT2D eigenvalue weighted by Gasteiger charge is 2.60. The molecule has 0 spiro atoms. The molecule has 26 heavy (non-hydrogen) atoms. The van der Waals surface area contributed by atoms with Crippen molar-refractivity contribution in [2.75, 3.05) is 5.32 Å². The second-order valence-electron chi connectivity index (χ2n) is 7.93. The van der Waals surface area contributed by atoms with Gasteiger partial charge in [-0.15, -0.1) is 11.3 Å². The van der Waals surface area contributed by atoms with E-state index in [1.807, 2.05) is 0 Å². The van der Waals surface area contributed by atoms with Crippen LogP contribution in [0.25, 0.3) is 0 Å². The molecule has 1 heterocycles. The number of carbonyl (C=O) groups excluding carboxylic acids is 1. The Kier molecular flexibility index (Phi) is 3.59. The third-order valence-corrected chi connectivity index (χ3v) is 6.97. The highest BCUT2D eigenvalue weighted by atomic mass is 32.1. The van der Waals surface area contributed by atoms with Crippen molar-refractivity contribution in [1.29, 1.82) is 0 Å². The Labute approximate surface area is 154 Å². The third kappa shape index (κ3) is 2.70. The molecule has 1 amide bonds. The van der Waals surface area contributed by atoms with Crippen LogP contribution >= 0.6 is 11.3 Å². The first-order chi connectivity index (χ1) is 12.5. The second-order valence-corrected chi connectivity index (χ2v) is 8.78. The highest BCUT2D eigenvalue weighted by Crippen LogP contribution is 2.59. The van der Waals surface area contributed by atoms with Crippen molar-refractivity contribution in [3.05, 3.63) is 41.2 Å². The van der Waals surface area contributed by atoms with Crippen LogP contribution in [0.2, 0.25) is 0 Å². The lowest BCUT2D eigenvalue weighted by molar-refractivity contribution is -0.0192. The van der Waals surface area contributed by atoms with E-state index in [2.05, 4.69) is 15.6 Å². The Bertz CT molecular complexity index is 851. The molecule has 5 unspecified atom stereocenters. The molecule has 0 radical (unpaired) electrons. The quantitative estimate of drug-likeness (QED) is 0.769. The zero-order chi connectivity index (χ0) is 17.9. The summed E-state index contributed by atoms with van der Waals surface area (Å²) in [5.74, 6) is 0.894. The van der Waals surface area contributed by atoms with Gasteiger partial charge < -0.3 is 15.7 Å². The first kappa shape index (κ1) is 16.2.